The van der Waals surface area contributed by atoms with Crippen LogP contribution in [0.3, 0.4) is 0 Å². The smallest absolute Gasteiger partial charge is 0.457 e. The zero-order valence-electron chi connectivity index (χ0n) is 17.2. The van der Waals surface area contributed by atoms with Gasteiger partial charge in [-0.15, -0.1) is 0 Å². The van der Waals surface area contributed by atoms with Gasteiger partial charge in [0.1, 0.15) is 0 Å². The van der Waals surface area contributed by atoms with E-state index in [0.29, 0.717) is 0 Å². The number of anilines is 2. The summed E-state index contributed by atoms with van der Waals surface area (Å²) in [5, 5.41) is 11.8. The number of carboxylic acid groups (broad SMARTS) is 1. The molecule has 1 atom stereocenters. The normalized spacial score (nSPS) is 14.1. The number of benzene rings is 2. The lowest BCUT2D eigenvalue weighted by Crippen LogP contribution is -2.59. The van der Waals surface area contributed by atoms with E-state index >= 15 is 0 Å². The number of amides is 2. The monoisotopic (exact) mass is 616 g/mol. The lowest BCUT2D eigenvalue weighted by atomic mass is 9.87. The number of halogens is 11. The maximum atomic E-state index is 14.7. The first kappa shape index (κ1) is 29.4. The summed E-state index contributed by atoms with van der Waals surface area (Å²) < 4.78 is 124. The molecule has 0 heterocycles. The molecule has 0 bridgehead atoms. The molecule has 1 unspecified atom stereocenters. The van der Waals surface area contributed by atoms with Crippen molar-refractivity contribution in [2.45, 2.75) is 23.9 Å². The number of rotatable bonds is 6. The summed E-state index contributed by atoms with van der Waals surface area (Å²) in [5.74, 6) is -8.36. The van der Waals surface area contributed by atoms with Crippen molar-refractivity contribution in [1.82, 2.24) is 0 Å². The Bertz CT molecular complexity index is 1170. The minimum atomic E-state index is -6.94. The molecule has 0 aliphatic carbocycles. The van der Waals surface area contributed by atoms with Gasteiger partial charge in [0.15, 0.2) is 5.75 Å². The van der Waals surface area contributed by atoms with Crippen LogP contribution in [0.1, 0.15) is 15.9 Å². The number of hydrogen-bond donors (Lipinski definition) is 3. The van der Waals surface area contributed by atoms with Crippen molar-refractivity contribution in [3.63, 3.8) is 0 Å². The van der Waals surface area contributed by atoms with Crippen molar-refractivity contribution in [3.05, 3.63) is 51.0 Å². The number of ether oxygens (including phenoxy) is 1. The number of hydrogen-bond acceptors (Lipinski definition) is 3. The summed E-state index contributed by atoms with van der Waals surface area (Å²) in [6.07, 6.45) is -15.2. The van der Waals surface area contributed by atoms with Crippen LogP contribution in [0.4, 0.5) is 55.7 Å². The summed E-state index contributed by atoms with van der Waals surface area (Å²) in [6, 6.07) is 3.35. The van der Waals surface area contributed by atoms with Crippen molar-refractivity contribution in [3.8, 4) is 5.75 Å². The van der Waals surface area contributed by atoms with Crippen LogP contribution in [0.15, 0.2) is 34.8 Å². The quantitative estimate of drug-likeness (QED) is 0.295. The molecule has 2 rings (SSSR count). The molecule has 0 saturated heterocycles. The van der Waals surface area contributed by atoms with Crippen molar-refractivity contribution >= 4 is 50.9 Å². The minimum absolute atomic E-state index is 0.0473. The van der Waals surface area contributed by atoms with Crippen molar-refractivity contribution in [1.29, 1.82) is 0 Å². The van der Waals surface area contributed by atoms with Gasteiger partial charge < -0.3 is 15.2 Å². The zero-order chi connectivity index (χ0) is 27.9. The van der Waals surface area contributed by atoms with E-state index < -0.39 is 56.7 Å². The number of methoxy groups -OCH3 is 1. The SMILES string of the molecule is COc1c(NC(=O)O)cccc1C(=O)Nc1c(Cl)cc(C(F)(C(F)(F)F)C(F)(F)C(F)(F)F)cc1Br. The number of carbonyl (C=O) groups is 2. The standard InChI is InChI=1S/C19H11BrClF9N2O4/c1-36-13-8(3-2-4-11(13)31-15(34)35)14(33)32-12-9(20)5-7(6-10(12)21)16(22,18(25,26)27)17(23,24)19(28,29)30/h2-6,31H,1H3,(H,32,33)(H,34,35). The molecule has 0 aliphatic rings. The molecule has 2 amide bonds. The molecule has 36 heavy (non-hydrogen) atoms. The molecule has 0 aliphatic heterocycles. The van der Waals surface area contributed by atoms with Gasteiger partial charge in [0.25, 0.3) is 5.91 Å². The Morgan fingerprint density at radius 3 is 2.00 bits per heavy atom. The third-order valence-electron chi connectivity index (χ3n) is 4.56. The van der Waals surface area contributed by atoms with E-state index in [1.807, 2.05) is 5.32 Å². The van der Waals surface area contributed by atoms with Gasteiger partial charge in [-0.1, -0.05) is 17.7 Å². The van der Waals surface area contributed by atoms with Gasteiger partial charge in [-0.3, -0.25) is 10.1 Å². The lowest BCUT2D eigenvalue weighted by molar-refractivity contribution is -0.389. The molecule has 3 N–H and O–H groups in total. The molecule has 2 aromatic carbocycles. The number of para-hydroxylation sites is 1. The van der Waals surface area contributed by atoms with Crippen molar-refractivity contribution < 1.29 is 58.9 Å². The molecule has 6 nitrogen and oxygen atoms in total. The molecular weight excluding hydrogens is 607 g/mol. The van der Waals surface area contributed by atoms with Gasteiger partial charge in [0.05, 0.1) is 29.1 Å². The van der Waals surface area contributed by atoms with Crippen LogP contribution in [0, 0.1) is 0 Å². The third kappa shape index (κ3) is 5.14. The Morgan fingerprint density at radius 2 is 1.56 bits per heavy atom. The largest absolute Gasteiger partial charge is 0.494 e. The molecule has 0 saturated carbocycles. The average molecular weight is 618 g/mol. The first-order valence-corrected chi connectivity index (χ1v) is 10.1. The summed E-state index contributed by atoms with van der Waals surface area (Å²) in [5.41, 5.74) is -9.62. The van der Waals surface area contributed by atoms with E-state index in [1.165, 1.54) is 12.1 Å². The van der Waals surface area contributed by atoms with Gasteiger partial charge in [-0.05, 0) is 40.2 Å². The van der Waals surface area contributed by atoms with E-state index in [2.05, 4.69) is 21.2 Å². The minimum Gasteiger partial charge on any atom is -0.494 e. The van der Waals surface area contributed by atoms with E-state index in [4.69, 9.17) is 21.4 Å². The second-order valence-corrected chi connectivity index (χ2v) is 8.08. The molecule has 0 spiro atoms. The highest BCUT2D eigenvalue weighted by molar-refractivity contribution is 9.10. The highest BCUT2D eigenvalue weighted by Crippen LogP contribution is 2.59. The van der Waals surface area contributed by atoms with Gasteiger partial charge >= 0.3 is 30.0 Å². The summed E-state index contributed by atoms with van der Waals surface area (Å²) in [7, 11) is 1.07. The fraction of sp³-hybridized carbons (Fsp3) is 0.263. The first-order chi connectivity index (χ1) is 16.3. The second-order valence-electron chi connectivity index (χ2n) is 6.81. The molecule has 0 fully saturated rings. The van der Waals surface area contributed by atoms with Crippen molar-refractivity contribution in [2.24, 2.45) is 0 Å². The molecular formula is C19H11BrClF9N2O4. The number of alkyl halides is 9. The van der Waals surface area contributed by atoms with Gasteiger partial charge in [-0.2, -0.15) is 35.1 Å². The maximum absolute atomic E-state index is 14.7. The first-order valence-electron chi connectivity index (χ1n) is 8.97. The zero-order valence-corrected chi connectivity index (χ0v) is 19.6. The molecule has 2 aromatic rings. The topological polar surface area (TPSA) is 87.7 Å². The summed E-state index contributed by atoms with van der Waals surface area (Å²) in [6.45, 7) is 0. The van der Waals surface area contributed by atoms with Crippen LogP contribution in [0.5, 0.6) is 5.75 Å². The van der Waals surface area contributed by atoms with Crippen LogP contribution in [0.2, 0.25) is 5.02 Å². The molecule has 17 heteroatoms. The fourth-order valence-electron chi connectivity index (χ4n) is 2.94. The lowest BCUT2D eigenvalue weighted by Gasteiger charge is -2.36. The van der Waals surface area contributed by atoms with Crippen LogP contribution in [0.25, 0.3) is 0 Å². The van der Waals surface area contributed by atoms with E-state index in [1.54, 1.807) is 0 Å². The van der Waals surface area contributed by atoms with Crippen LogP contribution in [-0.4, -0.2) is 42.5 Å². The van der Waals surface area contributed by atoms with Gasteiger partial charge in [0.2, 0.25) is 0 Å². The van der Waals surface area contributed by atoms with Crippen LogP contribution in [-0.2, 0) is 5.67 Å². The average Bonchev–Trinajstić information content (AvgIpc) is 2.72. The van der Waals surface area contributed by atoms with Crippen LogP contribution >= 0.6 is 27.5 Å². The molecule has 198 valence electrons. The highest BCUT2D eigenvalue weighted by Gasteiger charge is 2.81. The maximum Gasteiger partial charge on any atom is 0.457 e. The van der Waals surface area contributed by atoms with Gasteiger partial charge in [-0.25, -0.2) is 9.18 Å². The summed E-state index contributed by atoms with van der Waals surface area (Å²) in [4.78, 5) is 23.6. The molecule has 0 radical (unpaired) electrons. The Hall–Kier alpha value is -2.88. The van der Waals surface area contributed by atoms with Crippen molar-refractivity contribution in [2.75, 3.05) is 17.7 Å². The Kier molecular flexibility index (Phi) is 8.05. The predicted molar refractivity (Wildman–Crippen MR) is 112 cm³/mol. The van der Waals surface area contributed by atoms with Crippen LogP contribution < -0.4 is 15.4 Å². The third-order valence-corrected chi connectivity index (χ3v) is 5.49. The highest BCUT2D eigenvalue weighted by atomic mass is 79.9. The predicted octanol–water partition coefficient (Wildman–Crippen LogP) is 7.38. The number of nitrogens with one attached hydrogen (secondary N) is 2. The Balaban J connectivity index is 2.59. The Morgan fingerprint density at radius 1 is 0.972 bits per heavy atom. The number of carbonyl (C=O) groups excluding carboxylic acids is 1. The second kappa shape index (κ2) is 9.88. The molecule has 0 aromatic heterocycles. The summed E-state index contributed by atoms with van der Waals surface area (Å²) >= 11 is 8.31. The van der Waals surface area contributed by atoms with E-state index in [-0.39, 0.29) is 29.1 Å². The van der Waals surface area contributed by atoms with E-state index in [0.717, 1.165) is 13.2 Å². The Labute approximate surface area is 208 Å². The van der Waals surface area contributed by atoms with Gasteiger partial charge in [0, 0.05) is 10.0 Å². The fourth-order valence-corrected chi connectivity index (χ4v) is 3.88. The van der Waals surface area contributed by atoms with E-state index in [9.17, 15) is 49.1 Å².